The van der Waals surface area contributed by atoms with E-state index in [-0.39, 0.29) is 24.1 Å². The number of piperazine rings is 1. The molecular weight excluding hydrogens is 334 g/mol. The molecule has 0 radical (unpaired) electrons. The number of fused-ring (bicyclic) bond motifs is 1. The zero-order valence-electron chi connectivity index (χ0n) is 16.7. The van der Waals surface area contributed by atoms with E-state index in [9.17, 15) is 9.59 Å². The Labute approximate surface area is 156 Å². The first-order valence-corrected chi connectivity index (χ1v) is 9.52. The van der Waals surface area contributed by atoms with Crippen molar-refractivity contribution in [3.63, 3.8) is 0 Å². The van der Waals surface area contributed by atoms with Gasteiger partial charge in [0, 0.05) is 38.6 Å². The maximum absolute atomic E-state index is 12.2. The Morgan fingerprint density at radius 3 is 2.73 bits per heavy atom. The molecule has 0 spiro atoms. The first kappa shape index (κ1) is 20.3. The molecule has 2 unspecified atom stereocenters. The molecule has 1 saturated heterocycles. The number of ether oxygens (including phenoxy) is 1. The molecular formula is C18H33N5O3. The Bertz CT molecular complexity index is 543. The number of nitrogens with one attached hydrogen (secondary N) is 2. The summed E-state index contributed by atoms with van der Waals surface area (Å²) in [5, 5.41) is 6.22. The number of carbonyl (C=O) groups excluding carboxylic acids is 2. The SMILES string of the molecule is CCC(C)NC(=O)CCNC1=NCC2CN(C(=O)OC(C)(C)C)CCN12. The molecule has 2 aliphatic heterocycles. The van der Waals surface area contributed by atoms with Gasteiger partial charge in [-0.2, -0.15) is 0 Å². The molecule has 8 nitrogen and oxygen atoms in total. The number of amides is 2. The van der Waals surface area contributed by atoms with Gasteiger partial charge in [0.05, 0.1) is 12.6 Å². The summed E-state index contributed by atoms with van der Waals surface area (Å²) in [5.74, 6) is 0.881. The molecule has 0 aromatic heterocycles. The van der Waals surface area contributed by atoms with Crippen LogP contribution in [-0.2, 0) is 9.53 Å². The predicted molar refractivity (Wildman–Crippen MR) is 101 cm³/mol. The number of hydrogen-bond acceptors (Lipinski definition) is 6. The summed E-state index contributed by atoms with van der Waals surface area (Å²) in [6, 6.07) is 0.379. The summed E-state index contributed by atoms with van der Waals surface area (Å²) in [5.41, 5.74) is -0.483. The number of carbonyl (C=O) groups is 2. The fourth-order valence-electron chi connectivity index (χ4n) is 2.96. The van der Waals surface area contributed by atoms with Crippen molar-refractivity contribution in [2.75, 3.05) is 32.7 Å². The average Bonchev–Trinajstić information content (AvgIpc) is 2.95. The van der Waals surface area contributed by atoms with Crippen molar-refractivity contribution in [1.82, 2.24) is 20.4 Å². The summed E-state index contributed by atoms with van der Waals surface area (Å²) >= 11 is 0. The second-order valence-electron chi connectivity index (χ2n) is 7.99. The van der Waals surface area contributed by atoms with E-state index in [1.54, 1.807) is 4.90 Å². The van der Waals surface area contributed by atoms with Crippen molar-refractivity contribution in [1.29, 1.82) is 0 Å². The van der Waals surface area contributed by atoms with Gasteiger partial charge < -0.3 is 25.2 Å². The van der Waals surface area contributed by atoms with Crippen LogP contribution in [0.2, 0.25) is 0 Å². The minimum absolute atomic E-state index is 0.0525. The topological polar surface area (TPSA) is 86.3 Å². The van der Waals surface area contributed by atoms with E-state index in [1.807, 2.05) is 34.6 Å². The molecule has 0 aliphatic carbocycles. The minimum atomic E-state index is -0.483. The van der Waals surface area contributed by atoms with E-state index in [1.165, 1.54) is 0 Å². The van der Waals surface area contributed by atoms with Gasteiger partial charge in [-0.15, -0.1) is 0 Å². The molecule has 2 heterocycles. The maximum Gasteiger partial charge on any atom is 0.410 e. The monoisotopic (exact) mass is 367 g/mol. The highest BCUT2D eigenvalue weighted by Crippen LogP contribution is 2.18. The first-order valence-electron chi connectivity index (χ1n) is 9.52. The van der Waals surface area contributed by atoms with Crippen LogP contribution in [0.3, 0.4) is 0 Å². The van der Waals surface area contributed by atoms with Gasteiger partial charge in [-0.25, -0.2) is 4.79 Å². The summed E-state index contributed by atoms with van der Waals surface area (Å²) in [4.78, 5) is 32.6. The molecule has 1 fully saturated rings. The van der Waals surface area contributed by atoms with E-state index in [0.717, 1.165) is 18.9 Å². The zero-order chi connectivity index (χ0) is 19.3. The number of hydrogen-bond donors (Lipinski definition) is 2. The van der Waals surface area contributed by atoms with Gasteiger partial charge in [-0.3, -0.25) is 9.79 Å². The third-order valence-corrected chi connectivity index (χ3v) is 4.51. The quantitative estimate of drug-likeness (QED) is 0.762. The van der Waals surface area contributed by atoms with Crippen molar-refractivity contribution in [2.24, 2.45) is 4.99 Å². The van der Waals surface area contributed by atoms with Gasteiger partial charge in [0.25, 0.3) is 0 Å². The second kappa shape index (κ2) is 8.60. The molecule has 2 aliphatic rings. The van der Waals surface area contributed by atoms with Crippen LogP contribution < -0.4 is 10.6 Å². The molecule has 26 heavy (non-hydrogen) atoms. The summed E-state index contributed by atoms with van der Waals surface area (Å²) in [7, 11) is 0. The summed E-state index contributed by atoms with van der Waals surface area (Å²) in [6.07, 6.45) is 1.08. The highest BCUT2D eigenvalue weighted by Gasteiger charge is 2.36. The smallest absolute Gasteiger partial charge is 0.410 e. The molecule has 2 atom stereocenters. The van der Waals surface area contributed by atoms with Crippen LogP contribution in [0.4, 0.5) is 4.79 Å². The van der Waals surface area contributed by atoms with Crippen LogP contribution >= 0.6 is 0 Å². The lowest BCUT2D eigenvalue weighted by atomic mass is 10.2. The predicted octanol–water partition coefficient (Wildman–Crippen LogP) is 1.17. The van der Waals surface area contributed by atoms with Crippen molar-refractivity contribution < 1.29 is 14.3 Å². The molecule has 8 heteroatoms. The number of nitrogens with zero attached hydrogens (tertiary/aromatic N) is 3. The fraction of sp³-hybridized carbons (Fsp3) is 0.833. The normalized spacial score (nSPS) is 21.0. The summed E-state index contributed by atoms with van der Waals surface area (Å²) in [6.45, 7) is 12.8. The lowest BCUT2D eigenvalue weighted by Crippen LogP contribution is -2.57. The highest BCUT2D eigenvalue weighted by atomic mass is 16.6. The third-order valence-electron chi connectivity index (χ3n) is 4.51. The van der Waals surface area contributed by atoms with Crippen LogP contribution in [-0.4, -0.2) is 78.2 Å². The van der Waals surface area contributed by atoms with E-state index in [2.05, 4.69) is 20.5 Å². The minimum Gasteiger partial charge on any atom is -0.444 e. The maximum atomic E-state index is 12.2. The first-order chi connectivity index (χ1) is 12.2. The largest absolute Gasteiger partial charge is 0.444 e. The summed E-state index contributed by atoms with van der Waals surface area (Å²) < 4.78 is 5.46. The van der Waals surface area contributed by atoms with Gasteiger partial charge in [0.2, 0.25) is 5.91 Å². The molecule has 2 N–H and O–H groups in total. The average molecular weight is 367 g/mol. The Morgan fingerprint density at radius 1 is 1.35 bits per heavy atom. The van der Waals surface area contributed by atoms with Crippen molar-refractivity contribution in [3.05, 3.63) is 0 Å². The highest BCUT2D eigenvalue weighted by molar-refractivity contribution is 5.83. The van der Waals surface area contributed by atoms with Gasteiger partial charge in [0.1, 0.15) is 5.60 Å². The van der Waals surface area contributed by atoms with Crippen LogP contribution in [0.15, 0.2) is 4.99 Å². The van der Waals surface area contributed by atoms with Crippen LogP contribution in [0.1, 0.15) is 47.5 Å². The fourth-order valence-corrected chi connectivity index (χ4v) is 2.96. The third kappa shape index (κ3) is 5.78. The van der Waals surface area contributed by atoms with Crippen molar-refractivity contribution in [2.45, 2.75) is 65.1 Å². The van der Waals surface area contributed by atoms with Crippen LogP contribution in [0.25, 0.3) is 0 Å². The molecule has 2 amide bonds. The lowest BCUT2D eigenvalue weighted by Gasteiger charge is -2.39. The van der Waals surface area contributed by atoms with Crippen LogP contribution in [0, 0.1) is 0 Å². The van der Waals surface area contributed by atoms with Gasteiger partial charge in [-0.1, -0.05) is 6.92 Å². The van der Waals surface area contributed by atoms with E-state index < -0.39 is 5.60 Å². The van der Waals surface area contributed by atoms with Gasteiger partial charge in [-0.05, 0) is 34.1 Å². The van der Waals surface area contributed by atoms with Gasteiger partial charge >= 0.3 is 6.09 Å². The van der Waals surface area contributed by atoms with Crippen LogP contribution in [0.5, 0.6) is 0 Å². The Balaban J connectivity index is 1.74. The number of aliphatic imine (C=N–C) groups is 1. The number of rotatable bonds is 5. The molecule has 0 aromatic rings. The Morgan fingerprint density at radius 2 is 2.08 bits per heavy atom. The van der Waals surface area contributed by atoms with Crippen molar-refractivity contribution in [3.8, 4) is 0 Å². The zero-order valence-corrected chi connectivity index (χ0v) is 16.7. The van der Waals surface area contributed by atoms with Crippen molar-refractivity contribution >= 4 is 18.0 Å². The Kier molecular flexibility index (Phi) is 6.72. The van der Waals surface area contributed by atoms with E-state index >= 15 is 0 Å². The second-order valence-corrected chi connectivity index (χ2v) is 7.99. The molecule has 0 aromatic carbocycles. The van der Waals surface area contributed by atoms with E-state index in [4.69, 9.17) is 4.74 Å². The molecule has 148 valence electrons. The molecule has 0 bridgehead atoms. The Hall–Kier alpha value is -1.99. The molecule has 2 rings (SSSR count). The standard InChI is InChI=1S/C18H33N5O3/c1-6-13(2)21-15(24)7-8-19-16-20-11-14-12-22(9-10-23(14)16)17(25)26-18(3,4)5/h13-14H,6-12H2,1-5H3,(H,19,20)(H,21,24). The lowest BCUT2D eigenvalue weighted by molar-refractivity contribution is -0.121. The van der Waals surface area contributed by atoms with E-state index in [0.29, 0.717) is 32.6 Å². The number of guanidine groups is 1. The van der Waals surface area contributed by atoms with Gasteiger partial charge in [0.15, 0.2) is 5.96 Å². The molecule has 0 saturated carbocycles.